The smallest absolute Gasteiger partial charge is 0.273 e. The summed E-state index contributed by atoms with van der Waals surface area (Å²) in [4.78, 5) is 24.4. The molecule has 0 aliphatic carbocycles. The maximum absolute atomic E-state index is 12.3. The number of hydrogen-bond acceptors (Lipinski definition) is 6. The number of carbonyl (C=O) groups is 2. The minimum Gasteiger partial charge on any atom is -0.486 e. The highest BCUT2D eigenvalue weighted by Gasteiger charge is 2.18. The van der Waals surface area contributed by atoms with Crippen molar-refractivity contribution in [1.29, 1.82) is 0 Å². The lowest BCUT2D eigenvalue weighted by atomic mass is 10.2. The Morgan fingerprint density at radius 3 is 2.72 bits per heavy atom. The van der Waals surface area contributed by atoms with Gasteiger partial charge in [-0.15, -0.1) is 0 Å². The van der Waals surface area contributed by atoms with Gasteiger partial charge in [-0.3, -0.25) is 9.59 Å². The van der Waals surface area contributed by atoms with Gasteiger partial charge in [0.15, 0.2) is 11.5 Å². The van der Waals surface area contributed by atoms with E-state index in [1.54, 1.807) is 54.6 Å². The molecule has 32 heavy (non-hydrogen) atoms. The van der Waals surface area contributed by atoms with Crippen LogP contribution in [-0.4, -0.2) is 36.2 Å². The van der Waals surface area contributed by atoms with Crippen molar-refractivity contribution >= 4 is 29.1 Å². The van der Waals surface area contributed by atoms with E-state index in [0.717, 1.165) is 19.4 Å². The van der Waals surface area contributed by atoms with Gasteiger partial charge in [0.2, 0.25) is 0 Å². The normalized spacial score (nSPS) is 15.3. The van der Waals surface area contributed by atoms with Crippen LogP contribution in [0.4, 0.5) is 5.69 Å². The number of halogens is 1. The Labute approximate surface area is 189 Å². The van der Waals surface area contributed by atoms with E-state index in [2.05, 4.69) is 15.8 Å². The van der Waals surface area contributed by atoms with E-state index in [1.807, 2.05) is 0 Å². The van der Waals surface area contributed by atoms with Crippen LogP contribution in [0.25, 0.3) is 0 Å². The zero-order valence-electron chi connectivity index (χ0n) is 17.2. The van der Waals surface area contributed by atoms with Crippen LogP contribution < -0.4 is 15.4 Å². The van der Waals surface area contributed by atoms with E-state index in [1.165, 1.54) is 0 Å². The van der Waals surface area contributed by atoms with Crippen molar-refractivity contribution < 1.29 is 23.6 Å². The van der Waals surface area contributed by atoms with Crippen molar-refractivity contribution in [2.45, 2.75) is 25.6 Å². The van der Waals surface area contributed by atoms with E-state index in [-0.39, 0.29) is 30.2 Å². The second kappa shape index (κ2) is 10.3. The molecule has 1 aliphatic rings. The fraction of sp³-hybridized carbons (Fsp3) is 0.261. The number of anilines is 1. The van der Waals surface area contributed by atoms with Gasteiger partial charge >= 0.3 is 0 Å². The SMILES string of the molecule is O=C(Nc1ccc(OCc2cc(C(=O)NCC3CCCO3)no2)cc1)c1cccc(Cl)c1. The fourth-order valence-corrected chi connectivity index (χ4v) is 3.40. The van der Waals surface area contributed by atoms with Gasteiger partial charge in [-0.25, -0.2) is 0 Å². The summed E-state index contributed by atoms with van der Waals surface area (Å²) in [6.07, 6.45) is 2.02. The molecule has 3 aromatic rings. The molecule has 2 N–H and O–H groups in total. The van der Waals surface area contributed by atoms with Crippen molar-refractivity contribution in [2.24, 2.45) is 0 Å². The van der Waals surface area contributed by atoms with Crippen LogP contribution in [0.3, 0.4) is 0 Å². The zero-order chi connectivity index (χ0) is 22.3. The summed E-state index contributed by atoms with van der Waals surface area (Å²) in [6.45, 7) is 1.30. The largest absolute Gasteiger partial charge is 0.486 e. The molecule has 1 saturated heterocycles. The lowest BCUT2D eigenvalue weighted by Crippen LogP contribution is -2.31. The second-order valence-electron chi connectivity index (χ2n) is 7.30. The van der Waals surface area contributed by atoms with Crippen molar-refractivity contribution in [3.8, 4) is 5.75 Å². The highest BCUT2D eigenvalue weighted by atomic mass is 35.5. The van der Waals surface area contributed by atoms with Crippen LogP contribution in [-0.2, 0) is 11.3 Å². The fourth-order valence-electron chi connectivity index (χ4n) is 3.21. The molecule has 0 spiro atoms. The Morgan fingerprint density at radius 1 is 1.12 bits per heavy atom. The monoisotopic (exact) mass is 455 g/mol. The lowest BCUT2D eigenvalue weighted by molar-refractivity contribution is 0.0850. The predicted molar refractivity (Wildman–Crippen MR) is 118 cm³/mol. The van der Waals surface area contributed by atoms with Gasteiger partial charge in [0.25, 0.3) is 11.8 Å². The van der Waals surface area contributed by atoms with Crippen molar-refractivity contribution in [3.05, 3.63) is 76.6 Å². The Kier molecular flexibility index (Phi) is 7.03. The number of benzene rings is 2. The molecule has 1 atom stereocenters. The zero-order valence-corrected chi connectivity index (χ0v) is 17.9. The molecule has 2 aromatic carbocycles. The first-order valence-electron chi connectivity index (χ1n) is 10.2. The van der Waals surface area contributed by atoms with Gasteiger partial charge in [0.1, 0.15) is 12.4 Å². The first-order chi connectivity index (χ1) is 15.6. The number of nitrogens with one attached hydrogen (secondary N) is 2. The van der Waals surface area contributed by atoms with Gasteiger partial charge in [-0.1, -0.05) is 22.8 Å². The summed E-state index contributed by atoms with van der Waals surface area (Å²) < 4.78 is 16.3. The highest BCUT2D eigenvalue weighted by molar-refractivity contribution is 6.31. The maximum Gasteiger partial charge on any atom is 0.273 e. The third kappa shape index (κ3) is 5.87. The summed E-state index contributed by atoms with van der Waals surface area (Å²) >= 11 is 5.92. The van der Waals surface area contributed by atoms with E-state index in [4.69, 9.17) is 25.6 Å². The number of hydrogen-bond donors (Lipinski definition) is 2. The number of rotatable bonds is 8. The molecule has 0 saturated carbocycles. The van der Waals surface area contributed by atoms with Gasteiger partial charge in [-0.05, 0) is 55.3 Å². The summed E-state index contributed by atoms with van der Waals surface area (Å²) in [6, 6.07) is 15.2. The Bertz CT molecular complexity index is 1080. The number of nitrogens with zero attached hydrogens (tertiary/aromatic N) is 1. The molecule has 1 aliphatic heterocycles. The van der Waals surface area contributed by atoms with E-state index < -0.39 is 0 Å². The molecule has 9 heteroatoms. The predicted octanol–water partition coefficient (Wildman–Crippen LogP) is 4.07. The lowest BCUT2D eigenvalue weighted by Gasteiger charge is -2.09. The summed E-state index contributed by atoms with van der Waals surface area (Å²) in [5.74, 6) is 0.431. The Morgan fingerprint density at radius 2 is 1.97 bits per heavy atom. The van der Waals surface area contributed by atoms with E-state index in [0.29, 0.717) is 34.3 Å². The minimum atomic E-state index is -0.310. The van der Waals surface area contributed by atoms with E-state index in [9.17, 15) is 9.59 Å². The number of aromatic nitrogens is 1. The molecular formula is C23H22ClN3O5. The Hall–Kier alpha value is -3.36. The summed E-state index contributed by atoms with van der Waals surface area (Å²) in [7, 11) is 0. The van der Waals surface area contributed by atoms with Crippen LogP contribution in [0.15, 0.2) is 59.1 Å². The molecule has 1 fully saturated rings. The first kappa shape index (κ1) is 21.9. The average molecular weight is 456 g/mol. The van der Waals surface area contributed by atoms with Crippen LogP contribution >= 0.6 is 11.6 Å². The third-order valence-electron chi connectivity index (χ3n) is 4.89. The molecule has 8 nitrogen and oxygen atoms in total. The van der Waals surface area contributed by atoms with Crippen molar-refractivity contribution in [3.63, 3.8) is 0 Å². The van der Waals surface area contributed by atoms with Crippen LogP contribution in [0.5, 0.6) is 5.75 Å². The molecule has 166 valence electrons. The quantitative estimate of drug-likeness (QED) is 0.530. The molecule has 1 unspecified atom stereocenters. The van der Waals surface area contributed by atoms with Crippen LogP contribution in [0, 0.1) is 0 Å². The number of carbonyl (C=O) groups excluding carboxylic acids is 2. The number of amides is 2. The minimum absolute atomic E-state index is 0.0619. The third-order valence-corrected chi connectivity index (χ3v) is 5.12. The van der Waals surface area contributed by atoms with Gasteiger partial charge in [0, 0.05) is 35.5 Å². The summed E-state index contributed by atoms with van der Waals surface area (Å²) in [5, 5.41) is 9.88. The number of ether oxygens (including phenoxy) is 2. The molecule has 0 bridgehead atoms. The Balaban J connectivity index is 1.25. The highest BCUT2D eigenvalue weighted by Crippen LogP contribution is 2.19. The molecule has 2 heterocycles. The maximum atomic E-state index is 12.3. The first-order valence-corrected chi connectivity index (χ1v) is 10.6. The van der Waals surface area contributed by atoms with Crippen molar-refractivity contribution in [2.75, 3.05) is 18.5 Å². The molecular weight excluding hydrogens is 434 g/mol. The van der Waals surface area contributed by atoms with Gasteiger partial charge < -0.3 is 24.6 Å². The van der Waals surface area contributed by atoms with Crippen LogP contribution in [0.1, 0.15) is 39.4 Å². The molecule has 1 aromatic heterocycles. The van der Waals surface area contributed by atoms with Gasteiger partial charge in [-0.2, -0.15) is 0 Å². The second-order valence-corrected chi connectivity index (χ2v) is 7.74. The van der Waals surface area contributed by atoms with Crippen molar-refractivity contribution in [1.82, 2.24) is 10.5 Å². The standard InChI is InChI=1S/C23H22ClN3O5/c24-16-4-1-3-15(11-16)22(28)26-17-6-8-18(9-7-17)31-14-20-12-21(27-32-20)23(29)25-13-19-5-2-10-30-19/h1,3-4,6-9,11-12,19H,2,5,10,13-14H2,(H,25,29)(H,26,28). The summed E-state index contributed by atoms with van der Waals surface area (Å²) in [5.41, 5.74) is 1.28. The molecule has 4 rings (SSSR count). The van der Waals surface area contributed by atoms with Gasteiger partial charge in [0.05, 0.1) is 6.10 Å². The topological polar surface area (TPSA) is 103 Å². The molecule has 2 amide bonds. The average Bonchev–Trinajstić information content (AvgIpc) is 3.49. The van der Waals surface area contributed by atoms with E-state index >= 15 is 0 Å². The molecule has 0 radical (unpaired) electrons. The van der Waals surface area contributed by atoms with Crippen LogP contribution in [0.2, 0.25) is 5.02 Å².